The van der Waals surface area contributed by atoms with Gasteiger partial charge in [0.25, 0.3) is 0 Å². The summed E-state index contributed by atoms with van der Waals surface area (Å²) in [7, 11) is 0. The van der Waals surface area contributed by atoms with Crippen molar-refractivity contribution in [3.05, 3.63) is 58.2 Å². The highest BCUT2D eigenvalue weighted by atomic mass is 32.2. The molecule has 0 saturated carbocycles. The van der Waals surface area contributed by atoms with Crippen LogP contribution in [0.25, 0.3) is 10.2 Å². The minimum Gasteiger partial charge on any atom is -0.274 e. The van der Waals surface area contributed by atoms with E-state index in [1.165, 1.54) is 40.0 Å². The number of carbonyl (C=O) groups is 1. The molecule has 0 N–H and O–H groups in total. The van der Waals surface area contributed by atoms with Crippen LogP contribution in [-0.2, 0) is 23.4 Å². The number of thiazole rings is 1. The lowest BCUT2D eigenvalue weighted by atomic mass is 9.97. The fraction of sp³-hybridized carbons (Fsp3) is 0.273. The molecule has 0 spiro atoms. The van der Waals surface area contributed by atoms with E-state index < -0.39 is 0 Å². The largest absolute Gasteiger partial charge is 0.274 e. The summed E-state index contributed by atoms with van der Waals surface area (Å²) >= 11 is 5.02. The summed E-state index contributed by atoms with van der Waals surface area (Å²) in [5, 5.41) is 5.01. The molecular formula is C22H20N4OS3. The Labute approximate surface area is 187 Å². The van der Waals surface area contributed by atoms with Crippen LogP contribution < -0.4 is 4.90 Å². The second-order valence-corrected chi connectivity index (χ2v) is 10.1. The van der Waals surface area contributed by atoms with Gasteiger partial charge >= 0.3 is 0 Å². The number of para-hydroxylation sites is 1. The molecule has 30 heavy (non-hydrogen) atoms. The Bertz CT molecular complexity index is 1200. The van der Waals surface area contributed by atoms with E-state index in [1.807, 2.05) is 47.0 Å². The van der Waals surface area contributed by atoms with E-state index in [1.54, 1.807) is 29.9 Å². The monoisotopic (exact) mass is 452 g/mol. The van der Waals surface area contributed by atoms with Gasteiger partial charge < -0.3 is 0 Å². The molecule has 0 fully saturated rings. The molecule has 1 aliphatic rings. The van der Waals surface area contributed by atoms with Crippen molar-refractivity contribution in [2.24, 2.45) is 0 Å². The Hall–Kier alpha value is -2.29. The summed E-state index contributed by atoms with van der Waals surface area (Å²) in [6, 6.07) is 9.65. The summed E-state index contributed by atoms with van der Waals surface area (Å²) in [5.41, 5.74) is 3.24. The van der Waals surface area contributed by atoms with E-state index in [2.05, 4.69) is 9.97 Å². The van der Waals surface area contributed by atoms with E-state index in [9.17, 15) is 4.79 Å². The average molecular weight is 453 g/mol. The number of thioether (sulfide) groups is 1. The van der Waals surface area contributed by atoms with Crippen LogP contribution >= 0.6 is 34.4 Å². The lowest BCUT2D eigenvalue weighted by molar-refractivity contribution is -0.115. The number of thiophene rings is 1. The molecule has 1 aliphatic carbocycles. The predicted molar refractivity (Wildman–Crippen MR) is 125 cm³/mol. The topological polar surface area (TPSA) is 59.0 Å². The Kier molecular flexibility index (Phi) is 5.54. The highest BCUT2D eigenvalue weighted by Crippen LogP contribution is 2.40. The molecule has 1 aromatic carbocycles. The zero-order valence-electron chi connectivity index (χ0n) is 16.5. The van der Waals surface area contributed by atoms with E-state index in [0.29, 0.717) is 10.9 Å². The molecule has 4 aromatic rings. The number of hydrogen-bond donors (Lipinski definition) is 0. The van der Waals surface area contributed by atoms with Crippen molar-refractivity contribution < 1.29 is 4.79 Å². The van der Waals surface area contributed by atoms with Crippen LogP contribution in [-0.4, -0.2) is 20.9 Å². The third-order valence-corrected chi connectivity index (χ3v) is 8.23. The Balaban J connectivity index is 1.39. The van der Waals surface area contributed by atoms with Crippen LogP contribution in [0.1, 0.15) is 35.9 Å². The minimum atomic E-state index is -0.0443. The van der Waals surface area contributed by atoms with Gasteiger partial charge in [0.2, 0.25) is 5.91 Å². The van der Waals surface area contributed by atoms with Crippen molar-refractivity contribution in [1.29, 1.82) is 0 Å². The fourth-order valence-electron chi connectivity index (χ4n) is 3.78. The van der Waals surface area contributed by atoms with Crippen LogP contribution in [0, 0.1) is 0 Å². The second-order valence-electron chi connectivity index (χ2n) is 7.17. The minimum absolute atomic E-state index is 0.0443. The van der Waals surface area contributed by atoms with Gasteiger partial charge in [0, 0.05) is 28.3 Å². The smallest absolute Gasteiger partial charge is 0.230 e. The third kappa shape index (κ3) is 3.75. The third-order valence-electron chi connectivity index (χ3n) is 5.13. The molecular weight excluding hydrogens is 432 g/mol. The maximum absolute atomic E-state index is 12.3. The summed E-state index contributed by atoms with van der Waals surface area (Å²) in [5.74, 6) is 0.672. The van der Waals surface area contributed by atoms with Crippen molar-refractivity contribution in [3.63, 3.8) is 0 Å². The number of aromatic nitrogens is 3. The normalized spacial score (nSPS) is 13.4. The molecule has 1 amide bonds. The molecule has 0 bridgehead atoms. The zero-order valence-corrected chi connectivity index (χ0v) is 18.9. The zero-order chi connectivity index (χ0) is 20.5. The molecule has 0 unspecified atom stereocenters. The number of benzene rings is 1. The van der Waals surface area contributed by atoms with Gasteiger partial charge in [0.05, 0.1) is 11.4 Å². The van der Waals surface area contributed by atoms with Crippen LogP contribution in [0.5, 0.6) is 0 Å². The maximum Gasteiger partial charge on any atom is 0.230 e. The lowest BCUT2D eigenvalue weighted by Gasteiger charge is -2.17. The highest BCUT2D eigenvalue weighted by molar-refractivity contribution is 7.98. The number of aryl methyl sites for hydroxylation is 2. The van der Waals surface area contributed by atoms with Crippen molar-refractivity contribution in [2.45, 2.75) is 43.4 Å². The second kappa shape index (κ2) is 8.45. The van der Waals surface area contributed by atoms with Crippen LogP contribution in [0.3, 0.4) is 0 Å². The number of anilines is 2. The predicted octanol–water partition coefficient (Wildman–Crippen LogP) is 6.00. The quantitative estimate of drug-likeness (QED) is 0.274. The van der Waals surface area contributed by atoms with E-state index >= 15 is 0 Å². The van der Waals surface area contributed by atoms with Gasteiger partial charge in [-0.15, -0.1) is 22.7 Å². The van der Waals surface area contributed by atoms with Crippen molar-refractivity contribution in [2.75, 3.05) is 4.90 Å². The first-order valence-corrected chi connectivity index (χ1v) is 12.6. The standard InChI is InChI=1S/C22H20N4OS3/c1-14(27)26(16-7-3-2-4-8-16)22-25-15(12-29-22)11-28-20-19-17-9-5-6-10-18(17)30-21(19)24-13-23-20/h2-4,7-8,12-13H,5-6,9-11H2,1H3. The molecule has 8 heteroatoms. The number of nitrogens with zero attached hydrogens (tertiary/aromatic N) is 4. The first kappa shape index (κ1) is 19.7. The van der Waals surface area contributed by atoms with E-state index in [0.717, 1.165) is 34.1 Å². The van der Waals surface area contributed by atoms with Gasteiger partial charge in [-0.1, -0.05) is 30.0 Å². The van der Waals surface area contributed by atoms with Crippen molar-refractivity contribution in [3.8, 4) is 0 Å². The molecule has 0 radical (unpaired) electrons. The Morgan fingerprint density at radius 1 is 1.17 bits per heavy atom. The molecule has 0 saturated heterocycles. The summed E-state index contributed by atoms with van der Waals surface area (Å²) in [6.45, 7) is 1.57. The highest BCUT2D eigenvalue weighted by Gasteiger charge is 2.21. The molecule has 152 valence electrons. The maximum atomic E-state index is 12.3. The molecule has 5 rings (SSSR count). The summed E-state index contributed by atoms with van der Waals surface area (Å²) in [4.78, 5) is 30.4. The summed E-state index contributed by atoms with van der Waals surface area (Å²) in [6.07, 6.45) is 6.48. The Morgan fingerprint density at radius 3 is 2.83 bits per heavy atom. The molecule has 3 aromatic heterocycles. The van der Waals surface area contributed by atoms with Gasteiger partial charge in [-0.3, -0.25) is 9.69 Å². The van der Waals surface area contributed by atoms with E-state index in [-0.39, 0.29) is 5.91 Å². The molecule has 3 heterocycles. The van der Waals surface area contributed by atoms with Crippen molar-refractivity contribution >= 4 is 61.4 Å². The molecule has 5 nitrogen and oxygen atoms in total. The van der Waals surface area contributed by atoms with Gasteiger partial charge in [0.15, 0.2) is 5.13 Å². The van der Waals surface area contributed by atoms with Gasteiger partial charge in [0.1, 0.15) is 16.2 Å². The van der Waals surface area contributed by atoms with Crippen molar-refractivity contribution in [1.82, 2.24) is 15.0 Å². The molecule has 0 atom stereocenters. The average Bonchev–Trinajstić information content (AvgIpc) is 3.37. The number of hydrogen-bond acceptors (Lipinski definition) is 7. The van der Waals surface area contributed by atoms with E-state index in [4.69, 9.17) is 4.98 Å². The van der Waals surface area contributed by atoms with Crippen LogP contribution in [0.15, 0.2) is 47.1 Å². The number of amides is 1. The number of carbonyl (C=O) groups excluding carboxylic acids is 1. The Morgan fingerprint density at radius 2 is 2.00 bits per heavy atom. The molecule has 0 aliphatic heterocycles. The number of fused-ring (bicyclic) bond motifs is 3. The SMILES string of the molecule is CC(=O)N(c1ccccc1)c1nc(CSc2ncnc3sc4c(c23)CCCC4)cs1. The van der Waals surface area contributed by atoms with Gasteiger partial charge in [-0.2, -0.15) is 0 Å². The first-order valence-electron chi connectivity index (χ1n) is 9.89. The van der Waals surface area contributed by atoms with Crippen LogP contribution in [0.4, 0.5) is 10.8 Å². The van der Waals surface area contributed by atoms with Crippen LogP contribution in [0.2, 0.25) is 0 Å². The summed E-state index contributed by atoms with van der Waals surface area (Å²) < 4.78 is 0. The first-order chi connectivity index (χ1) is 14.7. The fourth-order valence-corrected chi connectivity index (χ4v) is 6.99. The van der Waals surface area contributed by atoms with Gasteiger partial charge in [-0.05, 0) is 43.4 Å². The lowest BCUT2D eigenvalue weighted by Crippen LogP contribution is -2.22. The van der Waals surface area contributed by atoms with Gasteiger partial charge in [-0.25, -0.2) is 15.0 Å². The number of rotatable bonds is 5.